The Balaban J connectivity index is 1.48. The molecular weight excluding hydrogens is 486 g/mol. The summed E-state index contributed by atoms with van der Waals surface area (Å²) in [6, 6.07) is 27.8. The van der Waals surface area contributed by atoms with Crippen LogP contribution in [0.3, 0.4) is 0 Å². The molecular formula is C30H33NO3S2. The molecule has 36 heavy (non-hydrogen) atoms. The number of carboxylic acids is 1. The molecule has 188 valence electrons. The quantitative estimate of drug-likeness (QED) is 0.304. The van der Waals surface area contributed by atoms with Crippen molar-refractivity contribution < 1.29 is 14.7 Å². The van der Waals surface area contributed by atoms with Gasteiger partial charge in [-0.3, -0.25) is 4.79 Å². The van der Waals surface area contributed by atoms with Crippen molar-refractivity contribution in [3.8, 4) is 0 Å². The number of amides is 1. The highest BCUT2D eigenvalue weighted by Crippen LogP contribution is 2.42. The third-order valence-corrected chi connectivity index (χ3v) is 9.43. The molecule has 1 fully saturated rings. The fourth-order valence-corrected chi connectivity index (χ4v) is 6.91. The van der Waals surface area contributed by atoms with Crippen LogP contribution in [0.15, 0.2) is 84.9 Å². The van der Waals surface area contributed by atoms with E-state index in [1.165, 1.54) is 11.1 Å². The molecule has 2 atom stereocenters. The maximum Gasteiger partial charge on any atom is 0.335 e. The van der Waals surface area contributed by atoms with E-state index >= 15 is 0 Å². The molecule has 6 heteroatoms. The minimum Gasteiger partial charge on any atom is -0.478 e. The number of carbonyl (C=O) groups excluding carboxylic acids is 1. The highest BCUT2D eigenvalue weighted by Gasteiger charge is 2.46. The summed E-state index contributed by atoms with van der Waals surface area (Å²) in [5.74, 6) is 1.85. The lowest BCUT2D eigenvalue weighted by atomic mass is 9.97. The summed E-state index contributed by atoms with van der Waals surface area (Å²) in [6.07, 6.45) is 0.836. The number of likely N-dealkylation sites (tertiary alicyclic amines) is 1. The number of carboxylic acid groups (broad SMARTS) is 1. The smallest absolute Gasteiger partial charge is 0.335 e. The molecule has 4 rings (SSSR count). The van der Waals surface area contributed by atoms with Crippen LogP contribution in [0.1, 0.15) is 47.3 Å². The molecule has 0 radical (unpaired) electrons. The van der Waals surface area contributed by atoms with E-state index in [0.717, 1.165) is 29.2 Å². The molecule has 1 saturated heterocycles. The molecule has 1 heterocycles. The molecule has 1 amide bonds. The van der Waals surface area contributed by atoms with Crippen molar-refractivity contribution in [3.63, 3.8) is 0 Å². The summed E-state index contributed by atoms with van der Waals surface area (Å²) in [5.41, 5.74) is 3.78. The van der Waals surface area contributed by atoms with Gasteiger partial charge in [0.05, 0.1) is 5.56 Å². The number of thioether (sulfide) groups is 2. The summed E-state index contributed by atoms with van der Waals surface area (Å²) in [4.78, 5) is 27.0. The van der Waals surface area contributed by atoms with Gasteiger partial charge in [-0.1, -0.05) is 72.8 Å². The van der Waals surface area contributed by atoms with Crippen molar-refractivity contribution in [2.75, 3.05) is 5.75 Å². The lowest BCUT2D eigenvalue weighted by Gasteiger charge is -2.37. The van der Waals surface area contributed by atoms with Gasteiger partial charge in [-0.15, -0.1) is 11.8 Å². The van der Waals surface area contributed by atoms with Gasteiger partial charge in [0.2, 0.25) is 5.91 Å². The average molecular weight is 520 g/mol. The van der Waals surface area contributed by atoms with Crippen LogP contribution < -0.4 is 0 Å². The van der Waals surface area contributed by atoms with Crippen LogP contribution >= 0.6 is 23.5 Å². The van der Waals surface area contributed by atoms with Crippen molar-refractivity contribution in [2.45, 2.75) is 49.1 Å². The molecule has 3 aromatic rings. The largest absolute Gasteiger partial charge is 0.478 e. The van der Waals surface area contributed by atoms with Crippen molar-refractivity contribution in [1.29, 1.82) is 0 Å². The van der Waals surface area contributed by atoms with E-state index in [9.17, 15) is 14.7 Å². The molecule has 3 aromatic carbocycles. The Labute approximate surface area is 222 Å². The van der Waals surface area contributed by atoms with Gasteiger partial charge >= 0.3 is 5.97 Å². The van der Waals surface area contributed by atoms with Crippen LogP contribution in [-0.4, -0.2) is 38.4 Å². The van der Waals surface area contributed by atoms with E-state index in [4.69, 9.17) is 0 Å². The highest BCUT2D eigenvalue weighted by molar-refractivity contribution is 8.00. The molecule has 1 N–H and O–H groups in total. The van der Waals surface area contributed by atoms with Crippen molar-refractivity contribution >= 4 is 35.4 Å². The zero-order chi connectivity index (χ0) is 25.5. The van der Waals surface area contributed by atoms with E-state index in [0.29, 0.717) is 6.54 Å². The predicted octanol–water partition coefficient (Wildman–Crippen LogP) is 6.75. The van der Waals surface area contributed by atoms with Gasteiger partial charge in [0.1, 0.15) is 0 Å². The molecule has 0 unspecified atom stereocenters. The molecule has 0 saturated carbocycles. The first-order chi connectivity index (χ1) is 17.3. The Morgan fingerprint density at radius 1 is 0.889 bits per heavy atom. The van der Waals surface area contributed by atoms with Crippen molar-refractivity contribution in [2.24, 2.45) is 5.92 Å². The number of rotatable bonds is 11. The van der Waals surface area contributed by atoms with Crippen LogP contribution in [0.5, 0.6) is 0 Å². The average Bonchev–Trinajstić information content (AvgIpc) is 3.20. The number of benzene rings is 3. The summed E-state index contributed by atoms with van der Waals surface area (Å²) >= 11 is 3.72. The Morgan fingerprint density at radius 2 is 1.47 bits per heavy atom. The normalized spacial score (nSPS) is 17.9. The third-order valence-electron chi connectivity index (χ3n) is 6.76. The predicted molar refractivity (Wildman–Crippen MR) is 150 cm³/mol. The molecule has 0 bridgehead atoms. The molecule has 1 aliphatic rings. The van der Waals surface area contributed by atoms with Gasteiger partial charge in [-0.05, 0) is 49.1 Å². The zero-order valence-corrected chi connectivity index (χ0v) is 22.4. The summed E-state index contributed by atoms with van der Waals surface area (Å²) in [7, 11) is 0. The molecule has 0 spiro atoms. The van der Waals surface area contributed by atoms with Crippen LogP contribution in [0.4, 0.5) is 0 Å². The first kappa shape index (κ1) is 26.4. The number of carbonyl (C=O) groups is 2. The van der Waals surface area contributed by atoms with Gasteiger partial charge in [0, 0.05) is 40.5 Å². The lowest BCUT2D eigenvalue weighted by molar-refractivity contribution is -0.132. The van der Waals surface area contributed by atoms with E-state index in [2.05, 4.69) is 62.4 Å². The summed E-state index contributed by atoms with van der Waals surface area (Å²) < 4.78 is -0.134. The van der Waals surface area contributed by atoms with Gasteiger partial charge < -0.3 is 10.0 Å². The number of nitrogens with zero attached hydrogens (tertiary/aromatic N) is 1. The fourth-order valence-electron chi connectivity index (χ4n) is 4.65. The monoisotopic (exact) mass is 519 g/mol. The Kier molecular flexibility index (Phi) is 8.81. The maximum atomic E-state index is 13.7. The number of hydrogen-bond acceptors (Lipinski definition) is 4. The summed E-state index contributed by atoms with van der Waals surface area (Å²) in [5, 5.41) is 9.23. The SMILES string of the molecule is CC(C)(SCc1ccccc1)[C@@H]1C[C@H](CSCc2ccccc2)C(=O)N1Cc1ccc(C(=O)O)cc1. The van der Waals surface area contributed by atoms with Crippen LogP contribution in [-0.2, 0) is 22.8 Å². The molecule has 0 aliphatic carbocycles. The molecule has 1 aliphatic heterocycles. The standard InChI is InChI=1S/C30H33NO3S2/c1-30(2,36-20-24-11-7-4-8-12-24)27-17-26(21-35-19-23-9-5-3-6-10-23)28(32)31(27)18-22-13-15-25(16-14-22)29(33)34/h3-16,26-27H,17-21H2,1-2H3,(H,33,34)/t26-,27+/m1/s1. The molecule has 0 aromatic heterocycles. The van der Waals surface area contributed by atoms with E-state index in [1.807, 2.05) is 52.7 Å². The summed E-state index contributed by atoms with van der Waals surface area (Å²) in [6.45, 7) is 5.00. The Morgan fingerprint density at radius 3 is 2.06 bits per heavy atom. The second kappa shape index (κ2) is 12.0. The zero-order valence-electron chi connectivity index (χ0n) is 20.8. The van der Waals surface area contributed by atoms with Gasteiger partial charge in [0.25, 0.3) is 0 Å². The minimum absolute atomic E-state index is 0.0152. The third kappa shape index (κ3) is 6.74. The highest BCUT2D eigenvalue weighted by atomic mass is 32.2. The first-order valence-electron chi connectivity index (χ1n) is 12.3. The van der Waals surface area contributed by atoms with Crippen molar-refractivity contribution in [1.82, 2.24) is 4.90 Å². The topological polar surface area (TPSA) is 57.6 Å². The second-order valence-corrected chi connectivity index (χ2v) is 12.5. The number of hydrogen-bond donors (Lipinski definition) is 1. The Bertz CT molecular complexity index is 1150. The molecule has 4 nitrogen and oxygen atoms in total. The van der Waals surface area contributed by atoms with Gasteiger partial charge in [-0.2, -0.15) is 11.8 Å². The van der Waals surface area contributed by atoms with Crippen LogP contribution in [0.2, 0.25) is 0 Å². The first-order valence-corrected chi connectivity index (χ1v) is 14.4. The Hall–Kier alpha value is -2.70. The van der Waals surface area contributed by atoms with E-state index in [1.54, 1.807) is 12.1 Å². The number of aromatic carboxylic acids is 1. The second-order valence-electron chi connectivity index (χ2n) is 9.80. The van der Waals surface area contributed by atoms with Crippen LogP contribution in [0, 0.1) is 5.92 Å². The lowest BCUT2D eigenvalue weighted by Crippen LogP contribution is -2.45. The van der Waals surface area contributed by atoms with Gasteiger partial charge in [0.15, 0.2) is 0 Å². The fraction of sp³-hybridized carbons (Fsp3) is 0.333. The van der Waals surface area contributed by atoms with Crippen molar-refractivity contribution in [3.05, 3.63) is 107 Å². The van der Waals surface area contributed by atoms with Gasteiger partial charge in [-0.25, -0.2) is 4.79 Å². The minimum atomic E-state index is -0.939. The van der Waals surface area contributed by atoms with E-state index < -0.39 is 5.97 Å². The van der Waals surface area contributed by atoms with Crippen LogP contribution in [0.25, 0.3) is 0 Å². The van der Waals surface area contributed by atoms with E-state index in [-0.39, 0.29) is 28.2 Å². The maximum absolute atomic E-state index is 13.7.